The first-order valence-corrected chi connectivity index (χ1v) is 5.18. The quantitative estimate of drug-likeness (QED) is 0.886. The summed E-state index contributed by atoms with van der Waals surface area (Å²) < 4.78 is 0. The Kier molecular flexibility index (Phi) is 4.39. The maximum atomic E-state index is 11.3. The Hall–Kier alpha value is -0.770. The van der Waals surface area contributed by atoms with Gasteiger partial charge in [0.25, 0.3) is 0 Å². The van der Waals surface area contributed by atoms with Gasteiger partial charge in [0.15, 0.2) is 0 Å². The van der Waals surface area contributed by atoms with Crippen LogP contribution in [0.3, 0.4) is 0 Å². The van der Waals surface area contributed by atoms with E-state index in [4.69, 9.17) is 28.9 Å². The molecule has 0 aliphatic heterocycles. The number of hydrogen-bond acceptors (Lipinski definition) is 2. The molecule has 0 saturated heterocycles. The first kappa shape index (κ1) is 12.3. The Balaban J connectivity index is 2.85. The van der Waals surface area contributed by atoms with Crippen molar-refractivity contribution in [3.63, 3.8) is 0 Å². The highest BCUT2D eigenvalue weighted by Gasteiger charge is 2.11. The molecule has 0 aliphatic carbocycles. The van der Waals surface area contributed by atoms with Crippen LogP contribution >= 0.6 is 23.2 Å². The lowest BCUT2D eigenvalue weighted by atomic mass is 10.2. The van der Waals surface area contributed by atoms with Crippen LogP contribution in [0.4, 0.5) is 0 Å². The normalized spacial score (nSPS) is 10.1. The molecule has 1 amide bonds. The molecule has 0 heterocycles. The minimum atomic E-state index is -0.147. The van der Waals surface area contributed by atoms with E-state index in [0.29, 0.717) is 16.6 Å². The molecule has 15 heavy (non-hydrogen) atoms. The van der Waals surface area contributed by atoms with Gasteiger partial charge in [0.1, 0.15) is 0 Å². The van der Waals surface area contributed by atoms with Crippen molar-refractivity contribution in [2.75, 3.05) is 13.6 Å². The number of nitrogens with two attached hydrogens (primary N) is 1. The maximum Gasteiger partial charge on any atom is 0.236 e. The first-order chi connectivity index (χ1) is 7.06. The Morgan fingerprint density at radius 1 is 1.40 bits per heavy atom. The van der Waals surface area contributed by atoms with E-state index in [1.54, 1.807) is 25.2 Å². The molecular weight excluding hydrogens is 235 g/mol. The van der Waals surface area contributed by atoms with Crippen LogP contribution in [-0.2, 0) is 11.3 Å². The molecule has 0 fully saturated rings. The van der Waals surface area contributed by atoms with E-state index in [1.807, 2.05) is 0 Å². The monoisotopic (exact) mass is 246 g/mol. The summed E-state index contributed by atoms with van der Waals surface area (Å²) in [5.41, 5.74) is 5.99. The lowest BCUT2D eigenvalue weighted by Crippen LogP contribution is -2.32. The van der Waals surface area contributed by atoms with E-state index in [1.165, 1.54) is 4.90 Å². The second kappa shape index (κ2) is 5.35. The van der Waals surface area contributed by atoms with Gasteiger partial charge in [0.2, 0.25) is 5.91 Å². The van der Waals surface area contributed by atoms with Crippen LogP contribution in [0, 0.1) is 0 Å². The van der Waals surface area contributed by atoms with Crippen molar-refractivity contribution in [2.45, 2.75) is 6.54 Å². The number of halogens is 2. The number of carbonyl (C=O) groups is 1. The van der Waals surface area contributed by atoms with Gasteiger partial charge in [-0.2, -0.15) is 0 Å². The lowest BCUT2D eigenvalue weighted by Gasteiger charge is -2.17. The van der Waals surface area contributed by atoms with Gasteiger partial charge in [-0.05, 0) is 12.1 Å². The molecule has 2 N–H and O–H groups in total. The van der Waals surface area contributed by atoms with Gasteiger partial charge in [-0.15, -0.1) is 0 Å². The number of rotatable bonds is 3. The highest BCUT2D eigenvalue weighted by molar-refractivity contribution is 6.36. The second-order valence-electron chi connectivity index (χ2n) is 3.15. The summed E-state index contributed by atoms with van der Waals surface area (Å²) in [6.07, 6.45) is 0. The first-order valence-electron chi connectivity index (χ1n) is 4.43. The molecule has 0 aliphatic rings. The molecule has 5 heteroatoms. The summed E-state index contributed by atoms with van der Waals surface area (Å²) in [5.74, 6) is -0.147. The molecule has 0 aromatic heterocycles. The minimum Gasteiger partial charge on any atom is -0.340 e. The van der Waals surface area contributed by atoms with Crippen molar-refractivity contribution in [2.24, 2.45) is 5.73 Å². The number of likely N-dealkylation sites (N-methyl/N-ethyl adjacent to an activating group) is 1. The van der Waals surface area contributed by atoms with Gasteiger partial charge < -0.3 is 10.6 Å². The van der Waals surface area contributed by atoms with Crippen LogP contribution in [-0.4, -0.2) is 24.4 Å². The van der Waals surface area contributed by atoms with Gasteiger partial charge in [-0.25, -0.2) is 0 Å². The smallest absolute Gasteiger partial charge is 0.236 e. The Morgan fingerprint density at radius 3 is 2.40 bits per heavy atom. The number of carbonyl (C=O) groups excluding carboxylic acids is 1. The predicted molar refractivity (Wildman–Crippen MR) is 62.0 cm³/mol. The average molecular weight is 247 g/mol. The zero-order valence-electron chi connectivity index (χ0n) is 8.34. The molecular formula is C10H12Cl2N2O. The van der Waals surface area contributed by atoms with Crippen LogP contribution in [0.25, 0.3) is 0 Å². The van der Waals surface area contributed by atoms with Gasteiger partial charge in [-0.3, -0.25) is 4.79 Å². The average Bonchev–Trinajstić information content (AvgIpc) is 2.22. The number of amides is 1. The Bertz CT molecular complexity index is 348. The molecule has 1 aromatic carbocycles. The van der Waals surface area contributed by atoms with Gasteiger partial charge >= 0.3 is 0 Å². The van der Waals surface area contributed by atoms with E-state index in [-0.39, 0.29) is 12.5 Å². The third-order valence-corrected chi connectivity index (χ3v) is 2.77. The highest BCUT2D eigenvalue weighted by Crippen LogP contribution is 2.25. The fraction of sp³-hybridized carbons (Fsp3) is 0.300. The second-order valence-corrected chi connectivity index (χ2v) is 3.97. The van der Waals surface area contributed by atoms with Crippen LogP contribution in [0.15, 0.2) is 18.2 Å². The summed E-state index contributed by atoms with van der Waals surface area (Å²) in [6.45, 7) is 0.354. The zero-order valence-corrected chi connectivity index (χ0v) is 9.85. The zero-order chi connectivity index (χ0) is 11.4. The van der Waals surface area contributed by atoms with Crippen molar-refractivity contribution in [1.82, 2.24) is 4.90 Å². The fourth-order valence-electron chi connectivity index (χ4n) is 1.16. The summed E-state index contributed by atoms with van der Waals surface area (Å²) in [7, 11) is 1.66. The minimum absolute atomic E-state index is 0.0153. The van der Waals surface area contributed by atoms with E-state index in [2.05, 4.69) is 0 Å². The molecule has 0 atom stereocenters. The lowest BCUT2D eigenvalue weighted by molar-refractivity contribution is -0.128. The van der Waals surface area contributed by atoms with Gasteiger partial charge in [0.05, 0.1) is 6.54 Å². The van der Waals surface area contributed by atoms with Crippen molar-refractivity contribution in [3.8, 4) is 0 Å². The molecule has 0 saturated carbocycles. The van der Waals surface area contributed by atoms with E-state index in [9.17, 15) is 4.79 Å². The highest BCUT2D eigenvalue weighted by atomic mass is 35.5. The summed E-state index contributed by atoms with van der Waals surface area (Å²) in [4.78, 5) is 12.7. The summed E-state index contributed by atoms with van der Waals surface area (Å²) in [6, 6.07) is 5.24. The fourth-order valence-corrected chi connectivity index (χ4v) is 1.68. The summed E-state index contributed by atoms with van der Waals surface area (Å²) >= 11 is 11.9. The molecule has 3 nitrogen and oxygen atoms in total. The van der Waals surface area contributed by atoms with Crippen molar-refractivity contribution < 1.29 is 4.79 Å². The van der Waals surface area contributed by atoms with Crippen molar-refractivity contribution in [1.29, 1.82) is 0 Å². The van der Waals surface area contributed by atoms with Crippen molar-refractivity contribution in [3.05, 3.63) is 33.8 Å². The maximum absolute atomic E-state index is 11.3. The number of hydrogen-bond donors (Lipinski definition) is 1. The molecule has 0 radical (unpaired) electrons. The SMILES string of the molecule is CN(Cc1c(Cl)cccc1Cl)C(=O)CN. The van der Waals surface area contributed by atoms with E-state index < -0.39 is 0 Å². The number of nitrogens with zero attached hydrogens (tertiary/aromatic N) is 1. The Labute approximate surface area is 98.8 Å². The summed E-state index contributed by atoms with van der Waals surface area (Å²) in [5, 5.41) is 1.11. The third-order valence-electron chi connectivity index (χ3n) is 2.06. The largest absolute Gasteiger partial charge is 0.340 e. The van der Waals surface area contributed by atoms with E-state index in [0.717, 1.165) is 5.56 Å². The van der Waals surface area contributed by atoms with Crippen LogP contribution in [0.1, 0.15) is 5.56 Å². The molecule has 1 rings (SSSR count). The Morgan fingerprint density at radius 2 is 1.93 bits per heavy atom. The van der Waals surface area contributed by atoms with Gasteiger partial charge in [-0.1, -0.05) is 29.3 Å². The van der Waals surface area contributed by atoms with Crippen molar-refractivity contribution >= 4 is 29.1 Å². The van der Waals surface area contributed by atoms with E-state index >= 15 is 0 Å². The van der Waals surface area contributed by atoms with Crippen LogP contribution < -0.4 is 5.73 Å². The molecule has 0 bridgehead atoms. The topological polar surface area (TPSA) is 46.3 Å². The molecule has 0 unspecified atom stereocenters. The van der Waals surface area contributed by atoms with Crippen LogP contribution in [0.5, 0.6) is 0 Å². The van der Waals surface area contributed by atoms with Crippen LogP contribution in [0.2, 0.25) is 10.0 Å². The molecule has 82 valence electrons. The third kappa shape index (κ3) is 3.09. The van der Waals surface area contributed by atoms with Gasteiger partial charge in [0, 0.05) is 29.2 Å². The number of benzene rings is 1. The predicted octanol–water partition coefficient (Wildman–Crippen LogP) is 1.91. The molecule has 1 aromatic rings. The standard InChI is InChI=1S/C10H12Cl2N2O/c1-14(10(15)5-13)6-7-8(11)3-2-4-9(7)12/h2-4H,5-6,13H2,1H3. The molecule has 0 spiro atoms.